The zero-order chi connectivity index (χ0) is 19.7. The van der Waals surface area contributed by atoms with Crippen molar-refractivity contribution in [3.05, 3.63) is 52.2 Å². The molecule has 1 saturated heterocycles. The van der Waals surface area contributed by atoms with Crippen LogP contribution >= 0.6 is 22.9 Å². The molecule has 1 aliphatic heterocycles. The number of nitrogens with one attached hydrogen (secondary N) is 1. The van der Waals surface area contributed by atoms with E-state index in [-0.39, 0.29) is 9.77 Å². The van der Waals surface area contributed by atoms with Gasteiger partial charge in [0, 0.05) is 32.2 Å². The number of piperazine rings is 1. The third kappa shape index (κ3) is 3.65. The predicted octanol–water partition coefficient (Wildman–Crippen LogP) is 1.45. The standard InChI is InChI=1S/C16H15ClN6O3S2/c17-11-9-18-10-19-16(11)22-5-7-23(8-6-22)28(25,26)15-4-2-13(27-15)12-1-3-14(24)21-20-12/h1-4,9-10H,5-8H2,(H,21,24). The quantitative estimate of drug-likeness (QED) is 0.656. The van der Waals surface area contributed by atoms with Gasteiger partial charge >= 0.3 is 0 Å². The molecule has 0 aromatic carbocycles. The van der Waals surface area contributed by atoms with Crippen molar-refractivity contribution in [3.8, 4) is 10.6 Å². The number of anilines is 1. The van der Waals surface area contributed by atoms with Crippen LogP contribution in [0, 0.1) is 0 Å². The lowest BCUT2D eigenvalue weighted by molar-refractivity contribution is 0.385. The molecule has 146 valence electrons. The Kier molecular flexibility index (Phi) is 5.15. The fourth-order valence-corrected chi connectivity index (χ4v) is 5.96. The van der Waals surface area contributed by atoms with Gasteiger partial charge in [0.15, 0.2) is 5.82 Å². The van der Waals surface area contributed by atoms with Gasteiger partial charge in [0.2, 0.25) is 0 Å². The first-order chi connectivity index (χ1) is 13.4. The third-order valence-electron chi connectivity index (χ3n) is 4.29. The Bertz CT molecular complexity index is 1130. The number of hydrogen-bond donors (Lipinski definition) is 1. The fourth-order valence-electron chi connectivity index (χ4n) is 2.88. The van der Waals surface area contributed by atoms with Crippen molar-refractivity contribution >= 4 is 38.8 Å². The fraction of sp³-hybridized carbons (Fsp3) is 0.250. The number of aromatic nitrogens is 4. The lowest BCUT2D eigenvalue weighted by atomic mass is 10.3. The molecule has 9 nitrogen and oxygen atoms in total. The highest BCUT2D eigenvalue weighted by Crippen LogP contribution is 2.31. The van der Waals surface area contributed by atoms with Gasteiger partial charge in [0.05, 0.1) is 11.1 Å². The highest BCUT2D eigenvalue weighted by molar-refractivity contribution is 7.91. The summed E-state index contributed by atoms with van der Waals surface area (Å²) in [7, 11) is -3.61. The molecule has 1 N–H and O–H groups in total. The summed E-state index contributed by atoms with van der Waals surface area (Å²) in [6.45, 7) is 1.62. The molecule has 3 aromatic rings. The lowest BCUT2D eigenvalue weighted by Gasteiger charge is -2.34. The summed E-state index contributed by atoms with van der Waals surface area (Å²) in [4.78, 5) is 21.8. The summed E-state index contributed by atoms with van der Waals surface area (Å²) in [5, 5.41) is 6.73. The van der Waals surface area contributed by atoms with Crippen molar-refractivity contribution in [2.24, 2.45) is 0 Å². The first-order valence-corrected chi connectivity index (χ1v) is 10.9. The van der Waals surface area contributed by atoms with Crippen molar-refractivity contribution < 1.29 is 8.42 Å². The van der Waals surface area contributed by atoms with Gasteiger partial charge in [0.25, 0.3) is 15.6 Å². The molecule has 1 aliphatic rings. The van der Waals surface area contributed by atoms with Crippen LogP contribution in [-0.4, -0.2) is 59.1 Å². The average molecular weight is 439 g/mol. The summed E-state index contributed by atoms with van der Waals surface area (Å²) < 4.78 is 27.7. The Morgan fingerprint density at radius 1 is 1.11 bits per heavy atom. The van der Waals surface area contributed by atoms with E-state index in [0.29, 0.717) is 47.6 Å². The van der Waals surface area contributed by atoms with Gasteiger partial charge in [0.1, 0.15) is 21.3 Å². The summed E-state index contributed by atoms with van der Waals surface area (Å²) in [6, 6.07) is 6.17. The molecular formula is C16H15ClN6O3S2. The van der Waals surface area contributed by atoms with E-state index >= 15 is 0 Å². The SMILES string of the molecule is O=c1ccc(-c2ccc(S(=O)(=O)N3CCN(c4ncncc4Cl)CC3)s2)n[nH]1. The molecule has 0 atom stereocenters. The van der Waals surface area contributed by atoms with Gasteiger partial charge < -0.3 is 4.90 Å². The molecule has 28 heavy (non-hydrogen) atoms. The molecule has 0 spiro atoms. The van der Waals surface area contributed by atoms with Gasteiger partial charge in [-0.25, -0.2) is 23.5 Å². The minimum atomic E-state index is -3.61. The average Bonchev–Trinajstić information content (AvgIpc) is 3.20. The molecular weight excluding hydrogens is 424 g/mol. The van der Waals surface area contributed by atoms with Crippen molar-refractivity contribution in [2.75, 3.05) is 31.1 Å². The number of thiophene rings is 1. The number of sulfonamides is 1. The van der Waals surface area contributed by atoms with Gasteiger partial charge in [-0.05, 0) is 18.2 Å². The second kappa shape index (κ2) is 7.59. The van der Waals surface area contributed by atoms with Gasteiger partial charge in [-0.15, -0.1) is 11.3 Å². The van der Waals surface area contributed by atoms with E-state index in [9.17, 15) is 13.2 Å². The minimum Gasteiger partial charge on any atom is -0.353 e. The molecule has 3 aromatic heterocycles. The zero-order valence-electron chi connectivity index (χ0n) is 14.4. The summed E-state index contributed by atoms with van der Waals surface area (Å²) in [5.41, 5.74) is 0.212. The number of aromatic amines is 1. The maximum absolute atomic E-state index is 13.0. The van der Waals surface area contributed by atoms with Crippen LogP contribution in [0.3, 0.4) is 0 Å². The van der Waals surface area contributed by atoms with E-state index in [2.05, 4.69) is 20.2 Å². The first kappa shape index (κ1) is 19.0. The summed E-state index contributed by atoms with van der Waals surface area (Å²) >= 11 is 7.25. The zero-order valence-corrected chi connectivity index (χ0v) is 16.8. The number of H-pyrrole nitrogens is 1. The van der Waals surface area contributed by atoms with Crippen LogP contribution < -0.4 is 10.5 Å². The van der Waals surface area contributed by atoms with Gasteiger partial charge in [-0.2, -0.15) is 9.40 Å². The highest BCUT2D eigenvalue weighted by Gasteiger charge is 2.30. The van der Waals surface area contributed by atoms with Crippen molar-refractivity contribution in [1.29, 1.82) is 0 Å². The molecule has 4 rings (SSSR count). The molecule has 0 unspecified atom stereocenters. The monoisotopic (exact) mass is 438 g/mol. The molecule has 0 radical (unpaired) electrons. The highest BCUT2D eigenvalue weighted by atomic mass is 35.5. The molecule has 0 aliphatic carbocycles. The second-order valence-corrected chi connectivity index (χ2v) is 9.67. The number of halogens is 1. The topological polar surface area (TPSA) is 112 Å². The van der Waals surface area contributed by atoms with Crippen molar-refractivity contribution in [2.45, 2.75) is 4.21 Å². The van der Waals surface area contributed by atoms with Crippen LogP contribution in [-0.2, 0) is 10.0 Å². The lowest BCUT2D eigenvalue weighted by Crippen LogP contribution is -2.48. The minimum absolute atomic E-state index is 0.240. The van der Waals surface area contributed by atoms with E-state index in [1.54, 1.807) is 18.2 Å². The second-order valence-electron chi connectivity index (χ2n) is 6.01. The maximum Gasteiger partial charge on any atom is 0.264 e. The molecule has 1 fully saturated rings. The van der Waals surface area contributed by atoms with Crippen LogP contribution in [0.4, 0.5) is 5.82 Å². The van der Waals surface area contributed by atoms with Crippen LogP contribution in [0.2, 0.25) is 5.02 Å². The van der Waals surface area contributed by atoms with Crippen LogP contribution in [0.5, 0.6) is 0 Å². The Morgan fingerprint density at radius 2 is 1.89 bits per heavy atom. The van der Waals surface area contributed by atoms with Gasteiger partial charge in [-0.3, -0.25) is 4.79 Å². The molecule has 12 heteroatoms. The smallest absolute Gasteiger partial charge is 0.264 e. The van der Waals surface area contributed by atoms with Crippen molar-refractivity contribution in [1.82, 2.24) is 24.5 Å². The van der Waals surface area contributed by atoms with E-state index in [0.717, 1.165) is 11.3 Å². The van der Waals surface area contributed by atoms with E-state index in [1.165, 1.54) is 22.9 Å². The third-order valence-corrected chi connectivity index (χ3v) is 8.03. The molecule has 4 heterocycles. The largest absolute Gasteiger partial charge is 0.353 e. The Morgan fingerprint density at radius 3 is 2.57 bits per heavy atom. The predicted molar refractivity (Wildman–Crippen MR) is 106 cm³/mol. The molecule has 0 amide bonds. The van der Waals surface area contributed by atoms with Gasteiger partial charge in [-0.1, -0.05) is 11.6 Å². The van der Waals surface area contributed by atoms with Crippen LogP contribution in [0.1, 0.15) is 0 Å². The number of rotatable bonds is 4. The number of nitrogens with zero attached hydrogens (tertiary/aromatic N) is 5. The first-order valence-electron chi connectivity index (χ1n) is 8.32. The molecule has 0 bridgehead atoms. The van der Waals surface area contributed by atoms with E-state index in [4.69, 9.17) is 11.6 Å². The Hall–Kier alpha value is -2.34. The number of hydrogen-bond acceptors (Lipinski definition) is 8. The normalized spacial score (nSPS) is 15.7. The van der Waals surface area contributed by atoms with E-state index < -0.39 is 10.0 Å². The van der Waals surface area contributed by atoms with E-state index in [1.807, 2.05) is 4.90 Å². The van der Waals surface area contributed by atoms with Crippen LogP contribution in [0.25, 0.3) is 10.6 Å². The maximum atomic E-state index is 13.0. The van der Waals surface area contributed by atoms with Crippen molar-refractivity contribution in [3.63, 3.8) is 0 Å². The summed E-state index contributed by atoms with van der Waals surface area (Å²) in [6.07, 6.45) is 2.94. The van der Waals surface area contributed by atoms with Crippen LogP contribution in [0.15, 0.2) is 45.8 Å². The Labute approximate surface area is 169 Å². The molecule has 0 saturated carbocycles. The Balaban J connectivity index is 1.50. The summed E-state index contributed by atoms with van der Waals surface area (Å²) in [5.74, 6) is 0.608.